The number of imide groups is 1. The van der Waals surface area contributed by atoms with Crippen LogP contribution in [0.1, 0.15) is 50.6 Å². The summed E-state index contributed by atoms with van der Waals surface area (Å²) in [6.07, 6.45) is 3.84. The van der Waals surface area contributed by atoms with Crippen LogP contribution < -0.4 is 5.32 Å². The molecule has 2 heterocycles. The topological polar surface area (TPSA) is 65.5 Å². The standard InChI is InChI=1S/C20H26N4O2S/c1-13-8-6-7-11-20(13)18(25)24(19(26)22-20)12-23(3)14(2)17-21-15-9-4-5-10-16(15)27-17/h4-5,9-10,13-14H,6-8,11-12H2,1-3H3,(H,22,26). The Morgan fingerprint density at radius 3 is 2.89 bits per heavy atom. The first kappa shape index (κ1) is 18.4. The molecule has 2 aliphatic rings. The third-order valence-corrected chi connectivity index (χ3v) is 7.40. The number of fused-ring (bicyclic) bond motifs is 1. The summed E-state index contributed by atoms with van der Waals surface area (Å²) in [5.41, 5.74) is 0.290. The zero-order valence-corrected chi connectivity index (χ0v) is 16.9. The van der Waals surface area contributed by atoms with Crippen LogP contribution >= 0.6 is 11.3 Å². The second kappa shape index (κ2) is 6.87. The van der Waals surface area contributed by atoms with Crippen LogP contribution in [0, 0.1) is 5.92 Å². The molecule has 1 aromatic carbocycles. The quantitative estimate of drug-likeness (QED) is 0.813. The SMILES string of the molecule is CC(c1nc2ccccc2s1)N(C)CN1C(=O)NC2(CCCCC2C)C1=O. The zero-order valence-electron chi connectivity index (χ0n) is 16.1. The van der Waals surface area contributed by atoms with Crippen LogP contribution in [0.15, 0.2) is 24.3 Å². The van der Waals surface area contributed by atoms with Gasteiger partial charge in [0.1, 0.15) is 10.5 Å². The number of nitrogens with zero attached hydrogens (tertiary/aromatic N) is 3. The van der Waals surface area contributed by atoms with Gasteiger partial charge in [-0.2, -0.15) is 0 Å². The van der Waals surface area contributed by atoms with Crippen molar-refractivity contribution >= 4 is 33.5 Å². The molecule has 1 saturated carbocycles. The molecule has 144 valence electrons. The van der Waals surface area contributed by atoms with E-state index in [2.05, 4.69) is 25.2 Å². The van der Waals surface area contributed by atoms with Gasteiger partial charge in [0.25, 0.3) is 5.91 Å². The van der Waals surface area contributed by atoms with Crippen molar-refractivity contribution in [2.45, 2.75) is 51.1 Å². The van der Waals surface area contributed by atoms with Crippen molar-refractivity contribution in [3.05, 3.63) is 29.3 Å². The van der Waals surface area contributed by atoms with E-state index in [-0.39, 0.29) is 30.6 Å². The van der Waals surface area contributed by atoms with Crippen LogP contribution in [0.3, 0.4) is 0 Å². The van der Waals surface area contributed by atoms with Gasteiger partial charge in [0.15, 0.2) is 0 Å². The van der Waals surface area contributed by atoms with Gasteiger partial charge in [-0.15, -0.1) is 11.3 Å². The van der Waals surface area contributed by atoms with Gasteiger partial charge in [-0.25, -0.2) is 14.7 Å². The number of benzene rings is 1. The Morgan fingerprint density at radius 1 is 1.37 bits per heavy atom. The molecule has 1 spiro atoms. The lowest BCUT2D eigenvalue weighted by Crippen LogP contribution is -2.54. The van der Waals surface area contributed by atoms with Crippen LogP contribution in [0.5, 0.6) is 0 Å². The number of hydrogen-bond acceptors (Lipinski definition) is 5. The maximum Gasteiger partial charge on any atom is 0.326 e. The molecule has 1 N–H and O–H groups in total. The molecule has 0 bridgehead atoms. The minimum atomic E-state index is -0.699. The van der Waals surface area contributed by atoms with Crippen molar-refractivity contribution in [3.63, 3.8) is 0 Å². The highest BCUT2D eigenvalue weighted by Crippen LogP contribution is 2.38. The van der Waals surface area contributed by atoms with Crippen molar-refractivity contribution in [2.24, 2.45) is 5.92 Å². The Kier molecular flexibility index (Phi) is 4.68. The van der Waals surface area contributed by atoms with Gasteiger partial charge in [-0.3, -0.25) is 9.69 Å². The molecular weight excluding hydrogens is 360 g/mol. The highest BCUT2D eigenvalue weighted by molar-refractivity contribution is 7.18. The molecule has 3 unspecified atom stereocenters. The van der Waals surface area contributed by atoms with Gasteiger partial charge in [-0.1, -0.05) is 31.9 Å². The number of rotatable bonds is 4. The number of hydrogen-bond donors (Lipinski definition) is 1. The Labute approximate surface area is 163 Å². The normalized spacial score (nSPS) is 27.0. The van der Waals surface area contributed by atoms with Crippen LogP contribution in [0.4, 0.5) is 4.79 Å². The number of carbonyl (C=O) groups is 2. The van der Waals surface area contributed by atoms with Gasteiger partial charge in [0, 0.05) is 0 Å². The predicted octanol–water partition coefficient (Wildman–Crippen LogP) is 3.75. The van der Waals surface area contributed by atoms with E-state index in [0.717, 1.165) is 40.9 Å². The van der Waals surface area contributed by atoms with Crippen molar-refractivity contribution in [1.82, 2.24) is 20.1 Å². The Balaban J connectivity index is 1.51. The molecule has 3 atom stereocenters. The summed E-state index contributed by atoms with van der Waals surface area (Å²) in [6, 6.07) is 7.82. The molecule has 1 saturated heterocycles. The van der Waals surface area contributed by atoms with Crippen LogP contribution in [-0.4, -0.2) is 46.0 Å². The molecule has 1 aromatic heterocycles. The number of para-hydroxylation sites is 1. The summed E-state index contributed by atoms with van der Waals surface area (Å²) in [7, 11) is 1.94. The second-order valence-electron chi connectivity index (χ2n) is 7.88. The van der Waals surface area contributed by atoms with Crippen LogP contribution in [-0.2, 0) is 4.79 Å². The molecule has 2 fully saturated rings. The van der Waals surface area contributed by atoms with E-state index in [1.165, 1.54) is 4.90 Å². The lowest BCUT2D eigenvalue weighted by molar-refractivity contribution is -0.135. The third kappa shape index (κ3) is 3.02. The average molecular weight is 387 g/mol. The maximum atomic E-state index is 13.1. The molecule has 0 radical (unpaired) electrons. The largest absolute Gasteiger partial charge is 0.326 e. The minimum absolute atomic E-state index is 0.0170. The maximum absolute atomic E-state index is 13.1. The summed E-state index contributed by atoms with van der Waals surface area (Å²) < 4.78 is 1.15. The molecule has 4 rings (SSSR count). The van der Waals surface area contributed by atoms with Crippen molar-refractivity contribution in [2.75, 3.05) is 13.7 Å². The number of carbonyl (C=O) groups excluding carboxylic acids is 2. The van der Waals surface area contributed by atoms with Crippen molar-refractivity contribution in [1.29, 1.82) is 0 Å². The first-order valence-electron chi connectivity index (χ1n) is 9.62. The molecule has 27 heavy (non-hydrogen) atoms. The third-order valence-electron chi connectivity index (χ3n) is 6.19. The van der Waals surface area contributed by atoms with E-state index < -0.39 is 5.54 Å². The van der Waals surface area contributed by atoms with E-state index >= 15 is 0 Å². The Bertz CT molecular complexity index is 849. The summed E-state index contributed by atoms with van der Waals surface area (Å²) in [5, 5.41) is 4.01. The fourth-order valence-corrected chi connectivity index (χ4v) is 5.31. The first-order chi connectivity index (χ1) is 12.9. The summed E-state index contributed by atoms with van der Waals surface area (Å²) in [4.78, 5) is 33.8. The summed E-state index contributed by atoms with van der Waals surface area (Å²) in [5.74, 6) is 0.114. The summed E-state index contributed by atoms with van der Waals surface area (Å²) in [6.45, 7) is 4.42. The smallest absolute Gasteiger partial charge is 0.323 e. The van der Waals surface area contributed by atoms with E-state index in [1.807, 2.05) is 30.1 Å². The molecule has 2 aromatic rings. The number of amides is 3. The van der Waals surface area contributed by atoms with E-state index in [0.29, 0.717) is 0 Å². The molecule has 1 aliphatic heterocycles. The van der Waals surface area contributed by atoms with Gasteiger partial charge in [-0.05, 0) is 44.9 Å². The lowest BCUT2D eigenvalue weighted by Gasteiger charge is -2.37. The van der Waals surface area contributed by atoms with Gasteiger partial charge in [0.05, 0.1) is 22.9 Å². The fourth-order valence-electron chi connectivity index (χ4n) is 4.23. The molecule has 1 aliphatic carbocycles. The number of aromatic nitrogens is 1. The van der Waals surface area contributed by atoms with E-state index in [4.69, 9.17) is 4.98 Å². The highest BCUT2D eigenvalue weighted by Gasteiger charge is 2.55. The van der Waals surface area contributed by atoms with E-state index in [9.17, 15) is 9.59 Å². The van der Waals surface area contributed by atoms with Crippen molar-refractivity contribution in [3.8, 4) is 0 Å². The second-order valence-corrected chi connectivity index (χ2v) is 8.94. The van der Waals surface area contributed by atoms with Gasteiger partial charge in [0.2, 0.25) is 0 Å². The van der Waals surface area contributed by atoms with Gasteiger partial charge < -0.3 is 5.32 Å². The average Bonchev–Trinajstić information content (AvgIpc) is 3.19. The molecule has 3 amide bonds. The molecular formula is C20H26N4O2S. The number of urea groups is 1. The number of thiazole rings is 1. The van der Waals surface area contributed by atoms with Crippen LogP contribution in [0.2, 0.25) is 0 Å². The predicted molar refractivity (Wildman–Crippen MR) is 106 cm³/mol. The number of nitrogens with one attached hydrogen (secondary N) is 1. The van der Waals surface area contributed by atoms with Crippen molar-refractivity contribution < 1.29 is 9.59 Å². The highest BCUT2D eigenvalue weighted by atomic mass is 32.1. The lowest BCUT2D eigenvalue weighted by atomic mass is 9.73. The Morgan fingerprint density at radius 2 is 2.15 bits per heavy atom. The first-order valence-corrected chi connectivity index (χ1v) is 10.4. The minimum Gasteiger partial charge on any atom is -0.323 e. The van der Waals surface area contributed by atoms with Gasteiger partial charge >= 0.3 is 6.03 Å². The molecule has 6 nitrogen and oxygen atoms in total. The monoisotopic (exact) mass is 386 g/mol. The van der Waals surface area contributed by atoms with Crippen LogP contribution in [0.25, 0.3) is 10.2 Å². The Hall–Kier alpha value is -1.99. The fraction of sp³-hybridized carbons (Fsp3) is 0.550. The zero-order chi connectivity index (χ0) is 19.2. The molecule has 7 heteroatoms. The van der Waals surface area contributed by atoms with E-state index in [1.54, 1.807) is 11.3 Å². The summed E-state index contributed by atoms with van der Waals surface area (Å²) >= 11 is 1.66.